The van der Waals surface area contributed by atoms with Crippen LogP contribution in [0.1, 0.15) is 17.3 Å². The van der Waals surface area contributed by atoms with Gasteiger partial charge in [0.1, 0.15) is 5.75 Å². The molecule has 0 amide bonds. The minimum absolute atomic E-state index is 0.114. The van der Waals surface area contributed by atoms with Crippen LogP contribution < -0.4 is 16.0 Å². The lowest BCUT2D eigenvalue weighted by Gasteiger charge is -2.17. The van der Waals surface area contributed by atoms with E-state index in [0.717, 1.165) is 21.5 Å². The summed E-state index contributed by atoms with van der Waals surface area (Å²) in [6, 6.07) is 5.76. The van der Waals surface area contributed by atoms with Crippen LogP contribution in [0, 0.1) is 0 Å². The molecule has 1 unspecified atom stereocenters. The smallest absolute Gasteiger partial charge is 0.122 e. The third kappa shape index (κ3) is 3.50. The average Bonchev–Trinajstić information content (AvgIpc) is 2.46. The third-order valence-corrected chi connectivity index (χ3v) is 3.30. The lowest BCUT2D eigenvalue weighted by atomic mass is 10.0. The minimum atomic E-state index is -0.114. The Balaban J connectivity index is 2.26. The first-order valence-electron chi connectivity index (χ1n) is 5.79. The lowest BCUT2D eigenvalue weighted by molar-refractivity contribution is 0.405. The van der Waals surface area contributed by atoms with Gasteiger partial charge in [0.05, 0.1) is 25.0 Å². The quantitative estimate of drug-likeness (QED) is 0.650. The normalized spacial score (nSPS) is 12.2. The molecule has 2 aromatic rings. The first-order valence-corrected chi connectivity index (χ1v) is 6.58. The summed E-state index contributed by atoms with van der Waals surface area (Å²) in [4.78, 5) is 8.32. The summed E-state index contributed by atoms with van der Waals surface area (Å²) in [6.45, 7) is 0. The zero-order valence-electron chi connectivity index (χ0n) is 10.5. The molecule has 0 radical (unpaired) electrons. The predicted molar refractivity (Wildman–Crippen MR) is 76.5 cm³/mol. The number of hydrogen-bond acceptors (Lipinski definition) is 5. The van der Waals surface area contributed by atoms with Gasteiger partial charge in [0.2, 0.25) is 0 Å². The molecule has 0 bridgehead atoms. The zero-order chi connectivity index (χ0) is 13.7. The van der Waals surface area contributed by atoms with Crippen LogP contribution in [0.5, 0.6) is 5.75 Å². The summed E-state index contributed by atoms with van der Waals surface area (Å²) in [5, 5.41) is 0. The number of rotatable bonds is 5. The highest BCUT2D eigenvalue weighted by molar-refractivity contribution is 9.10. The van der Waals surface area contributed by atoms with Crippen LogP contribution in [-0.4, -0.2) is 17.1 Å². The van der Waals surface area contributed by atoms with E-state index in [-0.39, 0.29) is 6.04 Å². The van der Waals surface area contributed by atoms with Gasteiger partial charge in [-0.1, -0.05) is 15.9 Å². The SMILES string of the molecule is COc1ccc(Br)cc1CC(NN)c1cnccn1. The van der Waals surface area contributed by atoms with Crippen LogP contribution in [0.2, 0.25) is 0 Å². The van der Waals surface area contributed by atoms with Crippen LogP contribution in [0.25, 0.3) is 0 Å². The molecule has 0 saturated heterocycles. The molecule has 0 spiro atoms. The molecule has 1 heterocycles. The van der Waals surface area contributed by atoms with Crippen LogP contribution in [0.3, 0.4) is 0 Å². The van der Waals surface area contributed by atoms with Crippen molar-refractivity contribution in [3.8, 4) is 5.75 Å². The molecular formula is C13H15BrN4O. The Hall–Kier alpha value is -1.50. The van der Waals surface area contributed by atoms with Gasteiger partial charge in [-0.3, -0.25) is 21.2 Å². The topological polar surface area (TPSA) is 73.1 Å². The van der Waals surface area contributed by atoms with E-state index in [2.05, 4.69) is 31.3 Å². The van der Waals surface area contributed by atoms with E-state index in [1.807, 2.05) is 18.2 Å². The molecule has 0 fully saturated rings. The highest BCUT2D eigenvalue weighted by atomic mass is 79.9. The average molecular weight is 323 g/mol. The van der Waals surface area contributed by atoms with Crippen LogP contribution in [-0.2, 0) is 6.42 Å². The molecule has 1 atom stereocenters. The third-order valence-electron chi connectivity index (χ3n) is 2.81. The second-order valence-corrected chi connectivity index (χ2v) is 4.93. The molecule has 19 heavy (non-hydrogen) atoms. The Morgan fingerprint density at radius 1 is 1.42 bits per heavy atom. The van der Waals surface area contributed by atoms with Gasteiger partial charge in [-0.25, -0.2) is 0 Å². The Morgan fingerprint density at radius 3 is 2.89 bits per heavy atom. The van der Waals surface area contributed by atoms with Gasteiger partial charge < -0.3 is 4.74 Å². The molecule has 1 aromatic carbocycles. The lowest BCUT2D eigenvalue weighted by Crippen LogP contribution is -2.30. The van der Waals surface area contributed by atoms with Gasteiger partial charge in [-0.05, 0) is 30.2 Å². The van der Waals surface area contributed by atoms with Gasteiger partial charge in [0, 0.05) is 16.9 Å². The van der Waals surface area contributed by atoms with Crippen molar-refractivity contribution in [2.24, 2.45) is 5.84 Å². The number of halogens is 1. The Bertz CT molecular complexity index is 535. The highest BCUT2D eigenvalue weighted by Crippen LogP contribution is 2.27. The maximum Gasteiger partial charge on any atom is 0.122 e. The molecule has 0 aliphatic heterocycles. The number of hydrazine groups is 1. The predicted octanol–water partition coefficient (Wildman–Crippen LogP) is 1.99. The van der Waals surface area contributed by atoms with Crippen LogP contribution >= 0.6 is 15.9 Å². The van der Waals surface area contributed by atoms with E-state index < -0.39 is 0 Å². The molecule has 1 aromatic heterocycles. The Kier molecular flexibility index (Phi) is 4.84. The summed E-state index contributed by atoms with van der Waals surface area (Å²) < 4.78 is 6.35. The summed E-state index contributed by atoms with van der Waals surface area (Å²) >= 11 is 3.46. The molecule has 2 rings (SSSR count). The molecule has 6 heteroatoms. The van der Waals surface area contributed by atoms with Gasteiger partial charge in [-0.15, -0.1) is 0 Å². The van der Waals surface area contributed by atoms with Crippen molar-refractivity contribution in [1.82, 2.24) is 15.4 Å². The van der Waals surface area contributed by atoms with E-state index in [0.29, 0.717) is 6.42 Å². The van der Waals surface area contributed by atoms with Crippen molar-refractivity contribution in [3.63, 3.8) is 0 Å². The summed E-state index contributed by atoms with van der Waals surface area (Å²) in [5.74, 6) is 6.44. The number of nitrogens with zero attached hydrogens (tertiary/aromatic N) is 2. The standard InChI is InChI=1S/C13H15BrN4O/c1-19-13-3-2-10(14)6-9(13)7-11(18-15)12-8-16-4-5-17-12/h2-6,8,11,18H,7,15H2,1H3. The Morgan fingerprint density at radius 2 is 2.26 bits per heavy atom. The number of methoxy groups -OCH3 is 1. The van der Waals surface area contributed by atoms with Crippen molar-refractivity contribution in [1.29, 1.82) is 0 Å². The second-order valence-electron chi connectivity index (χ2n) is 4.01. The number of ether oxygens (including phenoxy) is 1. The van der Waals surface area contributed by atoms with Crippen LogP contribution in [0.15, 0.2) is 41.3 Å². The van der Waals surface area contributed by atoms with Gasteiger partial charge >= 0.3 is 0 Å². The van der Waals surface area contributed by atoms with Crippen molar-refractivity contribution >= 4 is 15.9 Å². The molecule has 0 aliphatic rings. The van der Waals surface area contributed by atoms with Crippen molar-refractivity contribution < 1.29 is 4.74 Å². The van der Waals surface area contributed by atoms with Crippen molar-refractivity contribution in [3.05, 3.63) is 52.5 Å². The maximum absolute atomic E-state index is 5.61. The molecule has 0 saturated carbocycles. The number of aromatic nitrogens is 2. The van der Waals surface area contributed by atoms with Gasteiger partial charge in [0.15, 0.2) is 0 Å². The van der Waals surface area contributed by atoms with E-state index in [1.54, 1.807) is 25.7 Å². The maximum atomic E-state index is 5.61. The largest absolute Gasteiger partial charge is 0.496 e. The Labute approximate surface area is 120 Å². The van der Waals surface area contributed by atoms with Gasteiger partial charge in [-0.2, -0.15) is 0 Å². The molecule has 5 nitrogen and oxygen atoms in total. The zero-order valence-corrected chi connectivity index (χ0v) is 12.1. The number of nitrogens with two attached hydrogens (primary N) is 1. The van der Waals surface area contributed by atoms with Crippen molar-refractivity contribution in [2.75, 3.05) is 7.11 Å². The minimum Gasteiger partial charge on any atom is -0.496 e. The fraction of sp³-hybridized carbons (Fsp3) is 0.231. The fourth-order valence-corrected chi connectivity index (χ4v) is 2.27. The van der Waals surface area contributed by atoms with E-state index in [1.165, 1.54) is 0 Å². The van der Waals surface area contributed by atoms with Crippen LogP contribution in [0.4, 0.5) is 0 Å². The second kappa shape index (κ2) is 6.60. The number of nitrogens with one attached hydrogen (secondary N) is 1. The van der Waals surface area contributed by atoms with Gasteiger partial charge in [0.25, 0.3) is 0 Å². The van der Waals surface area contributed by atoms with E-state index >= 15 is 0 Å². The van der Waals surface area contributed by atoms with E-state index in [9.17, 15) is 0 Å². The first kappa shape index (κ1) is 13.9. The summed E-state index contributed by atoms with van der Waals surface area (Å²) in [6.07, 6.45) is 5.65. The number of benzene rings is 1. The fourth-order valence-electron chi connectivity index (χ4n) is 1.87. The molecule has 0 aliphatic carbocycles. The monoisotopic (exact) mass is 322 g/mol. The summed E-state index contributed by atoms with van der Waals surface area (Å²) in [7, 11) is 1.65. The molecule has 100 valence electrons. The highest BCUT2D eigenvalue weighted by Gasteiger charge is 2.15. The number of hydrogen-bond donors (Lipinski definition) is 2. The first-order chi connectivity index (χ1) is 9.24. The summed E-state index contributed by atoms with van der Waals surface area (Å²) in [5.41, 5.74) is 4.61. The molecular weight excluding hydrogens is 308 g/mol. The van der Waals surface area contributed by atoms with Crippen molar-refractivity contribution in [2.45, 2.75) is 12.5 Å². The molecule has 3 N–H and O–H groups in total. The van der Waals surface area contributed by atoms with E-state index in [4.69, 9.17) is 10.6 Å².